The minimum atomic E-state index is -1.08. The molecule has 1 amide bonds. The lowest BCUT2D eigenvalue weighted by Gasteiger charge is -2.06. The smallest absolute Gasteiger partial charge is 0.337 e. The number of carbonyl (C=O) groups is 2. The number of aliphatic imine (C=N–C) groups is 1. The molecular formula is C24H17ClN2O4S. The molecule has 1 heterocycles. The highest BCUT2D eigenvalue weighted by Gasteiger charge is 2.24. The van der Waals surface area contributed by atoms with Crippen molar-refractivity contribution in [3.63, 3.8) is 0 Å². The Hall–Kier alpha value is -3.55. The number of carboxylic acid groups (broad SMARTS) is 1. The third-order valence-corrected chi connectivity index (χ3v) is 5.67. The van der Waals surface area contributed by atoms with Gasteiger partial charge in [-0.15, -0.1) is 0 Å². The number of nitrogens with zero attached hydrogens (tertiary/aromatic N) is 1. The van der Waals surface area contributed by atoms with Crippen molar-refractivity contribution in [2.75, 3.05) is 0 Å². The molecule has 4 rings (SSSR count). The van der Waals surface area contributed by atoms with E-state index in [2.05, 4.69) is 10.3 Å². The van der Waals surface area contributed by atoms with Gasteiger partial charge in [-0.2, -0.15) is 0 Å². The number of carboxylic acids is 1. The quantitative estimate of drug-likeness (QED) is 0.470. The molecule has 0 atom stereocenters. The van der Waals surface area contributed by atoms with E-state index in [1.807, 2.05) is 48.5 Å². The number of aromatic carboxylic acids is 1. The standard InChI is InChI=1S/C24H17ClN2O4S/c25-17-9-5-16(6-10-17)14-31-18-11-7-15(8-12-18)13-21-22(28)27-24(32-21)26-20-4-2-1-3-19(20)23(29)30/h1-13H,14H2,(H,29,30)(H,26,27,28)/b21-13-. The van der Waals surface area contributed by atoms with Gasteiger partial charge in [0.2, 0.25) is 0 Å². The molecule has 3 aromatic rings. The second kappa shape index (κ2) is 9.72. The van der Waals surface area contributed by atoms with Crippen LogP contribution in [0.1, 0.15) is 21.5 Å². The van der Waals surface area contributed by atoms with Crippen LogP contribution in [0.5, 0.6) is 5.75 Å². The van der Waals surface area contributed by atoms with Crippen LogP contribution in [0.15, 0.2) is 82.7 Å². The van der Waals surface area contributed by atoms with Crippen molar-refractivity contribution in [3.8, 4) is 5.75 Å². The maximum atomic E-state index is 12.3. The van der Waals surface area contributed by atoms with E-state index in [1.165, 1.54) is 6.07 Å². The number of amidine groups is 1. The molecule has 0 radical (unpaired) electrons. The Morgan fingerprint density at radius 1 is 1.06 bits per heavy atom. The molecule has 6 nitrogen and oxygen atoms in total. The topological polar surface area (TPSA) is 88.0 Å². The summed E-state index contributed by atoms with van der Waals surface area (Å²) in [6.07, 6.45) is 1.74. The van der Waals surface area contributed by atoms with Crippen LogP contribution in [-0.2, 0) is 11.4 Å². The Morgan fingerprint density at radius 3 is 2.50 bits per heavy atom. The average molecular weight is 465 g/mol. The van der Waals surface area contributed by atoms with Gasteiger partial charge in [0.25, 0.3) is 5.91 Å². The van der Waals surface area contributed by atoms with Gasteiger partial charge >= 0.3 is 5.97 Å². The van der Waals surface area contributed by atoms with Gasteiger partial charge in [0.15, 0.2) is 5.17 Å². The zero-order valence-electron chi connectivity index (χ0n) is 16.6. The van der Waals surface area contributed by atoms with E-state index in [4.69, 9.17) is 16.3 Å². The summed E-state index contributed by atoms with van der Waals surface area (Å²) >= 11 is 7.05. The fourth-order valence-electron chi connectivity index (χ4n) is 2.90. The van der Waals surface area contributed by atoms with Crippen molar-refractivity contribution < 1.29 is 19.4 Å². The third-order valence-electron chi connectivity index (χ3n) is 4.50. The maximum absolute atomic E-state index is 12.3. The zero-order chi connectivity index (χ0) is 22.5. The molecule has 0 bridgehead atoms. The third kappa shape index (κ3) is 5.38. The highest BCUT2D eigenvalue weighted by molar-refractivity contribution is 8.18. The van der Waals surface area contributed by atoms with Crippen LogP contribution < -0.4 is 10.1 Å². The number of thioether (sulfide) groups is 1. The van der Waals surface area contributed by atoms with Gasteiger partial charge in [-0.05, 0) is 65.4 Å². The van der Waals surface area contributed by atoms with Gasteiger partial charge in [-0.3, -0.25) is 4.79 Å². The number of carbonyl (C=O) groups excluding carboxylic acids is 1. The number of hydrogen-bond donors (Lipinski definition) is 2. The van der Waals surface area contributed by atoms with Crippen LogP contribution in [0.3, 0.4) is 0 Å². The first kappa shape index (κ1) is 21.7. The fourth-order valence-corrected chi connectivity index (χ4v) is 3.86. The van der Waals surface area contributed by atoms with Gasteiger partial charge in [0, 0.05) is 5.02 Å². The number of halogens is 1. The summed E-state index contributed by atoms with van der Waals surface area (Å²) in [4.78, 5) is 28.4. The van der Waals surface area contributed by atoms with Crippen LogP contribution in [0.25, 0.3) is 6.08 Å². The second-order valence-corrected chi connectivity index (χ2v) is 8.26. The summed E-state index contributed by atoms with van der Waals surface area (Å²) in [5.74, 6) is -0.656. The van der Waals surface area contributed by atoms with E-state index in [9.17, 15) is 14.7 Å². The van der Waals surface area contributed by atoms with Crippen LogP contribution in [0.2, 0.25) is 5.02 Å². The predicted molar refractivity (Wildman–Crippen MR) is 126 cm³/mol. The van der Waals surface area contributed by atoms with E-state index in [0.29, 0.717) is 27.5 Å². The summed E-state index contributed by atoms with van der Waals surface area (Å²) in [5.41, 5.74) is 2.19. The Bertz CT molecular complexity index is 1220. The number of amides is 1. The summed E-state index contributed by atoms with van der Waals surface area (Å²) in [5, 5.41) is 13.0. The molecule has 3 aromatic carbocycles. The molecule has 1 aliphatic heterocycles. The van der Waals surface area contributed by atoms with Crippen molar-refractivity contribution in [2.24, 2.45) is 4.99 Å². The van der Waals surface area contributed by atoms with Crippen molar-refractivity contribution in [3.05, 3.63) is 99.4 Å². The van der Waals surface area contributed by atoms with E-state index in [1.54, 1.807) is 24.3 Å². The molecule has 0 unspecified atom stereocenters. The molecule has 32 heavy (non-hydrogen) atoms. The summed E-state index contributed by atoms with van der Waals surface area (Å²) in [7, 11) is 0. The Kier molecular flexibility index (Phi) is 6.58. The van der Waals surface area contributed by atoms with Crippen molar-refractivity contribution in [2.45, 2.75) is 6.61 Å². The van der Waals surface area contributed by atoms with Crippen molar-refractivity contribution in [1.82, 2.24) is 5.32 Å². The number of nitrogens with one attached hydrogen (secondary N) is 1. The van der Waals surface area contributed by atoms with Crippen LogP contribution in [-0.4, -0.2) is 22.2 Å². The van der Waals surface area contributed by atoms with E-state index in [-0.39, 0.29) is 17.2 Å². The molecule has 1 aliphatic rings. The van der Waals surface area contributed by atoms with Crippen LogP contribution in [0.4, 0.5) is 5.69 Å². The molecule has 1 fully saturated rings. The summed E-state index contributed by atoms with van der Waals surface area (Å²) in [6, 6.07) is 21.2. The van der Waals surface area contributed by atoms with Crippen molar-refractivity contribution >= 4 is 52.2 Å². The molecule has 160 valence electrons. The second-order valence-electron chi connectivity index (χ2n) is 6.79. The van der Waals surface area contributed by atoms with E-state index >= 15 is 0 Å². The molecule has 0 saturated carbocycles. The number of ether oxygens (including phenoxy) is 1. The van der Waals surface area contributed by atoms with Gasteiger partial charge < -0.3 is 15.2 Å². The minimum Gasteiger partial charge on any atom is -0.489 e. The van der Waals surface area contributed by atoms with Gasteiger partial charge in [0.05, 0.1) is 16.2 Å². The Balaban J connectivity index is 1.43. The predicted octanol–water partition coefficient (Wildman–Crippen LogP) is 5.51. The highest BCUT2D eigenvalue weighted by Crippen LogP contribution is 2.29. The lowest BCUT2D eigenvalue weighted by molar-refractivity contribution is -0.115. The van der Waals surface area contributed by atoms with E-state index in [0.717, 1.165) is 22.9 Å². The molecule has 0 aromatic heterocycles. The van der Waals surface area contributed by atoms with Gasteiger partial charge in [-0.1, -0.05) is 48.0 Å². The molecule has 0 spiro atoms. The fraction of sp³-hybridized carbons (Fsp3) is 0.0417. The monoisotopic (exact) mass is 464 g/mol. The first-order chi connectivity index (χ1) is 15.5. The maximum Gasteiger partial charge on any atom is 0.337 e. The Morgan fingerprint density at radius 2 is 1.78 bits per heavy atom. The molecule has 8 heteroatoms. The number of para-hydroxylation sites is 1. The summed E-state index contributed by atoms with van der Waals surface area (Å²) < 4.78 is 5.78. The normalized spacial score (nSPS) is 15.7. The van der Waals surface area contributed by atoms with Crippen molar-refractivity contribution in [1.29, 1.82) is 0 Å². The van der Waals surface area contributed by atoms with Gasteiger partial charge in [0.1, 0.15) is 12.4 Å². The molecule has 1 saturated heterocycles. The lowest BCUT2D eigenvalue weighted by atomic mass is 10.2. The highest BCUT2D eigenvalue weighted by atomic mass is 35.5. The lowest BCUT2D eigenvalue weighted by Crippen LogP contribution is -2.19. The van der Waals surface area contributed by atoms with Crippen LogP contribution in [0, 0.1) is 0 Å². The zero-order valence-corrected chi connectivity index (χ0v) is 18.2. The molecule has 2 N–H and O–H groups in total. The number of benzene rings is 3. The average Bonchev–Trinajstić information content (AvgIpc) is 3.13. The number of rotatable bonds is 6. The number of hydrogen-bond acceptors (Lipinski definition) is 5. The van der Waals surface area contributed by atoms with Crippen LogP contribution >= 0.6 is 23.4 Å². The summed E-state index contributed by atoms with van der Waals surface area (Å²) in [6.45, 7) is 0.424. The molecule has 0 aliphatic carbocycles. The first-order valence-corrected chi connectivity index (χ1v) is 10.8. The van der Waals surface area contributed by atoms with E-state index < -0.39 is 5.97 Å². The Labute approximate surface area is 193 Å². The minimum absolute atomic E-state index is 0.0708. The largest absolute Gasteiger partial charge is 0.489 e. The van der Waals surface area contributed by atoms with Gasteiger partial charge in [-0.25, -0.2) is 9.79 Å². The first-order valence-electron chi connectivity index (χ1n) is 9.57. The molecular weight excluding hydrogens is 448 g/mol. The SMILES string of the molecule is O=C1NC(=Nc2ccccc2C(=O)O)S/C1=C\c1ccc(OCc2ccc(Cl)cc2)cc1.